The number of benzene rings is 2. The molecule has 1 atom stereocenters. The smallest absolute Gasteiger partial charge is 0.251 e. The quantitative estimate of drug-likeness (QED) is 0.698. The van der Waals surface area contributed by atoms with Crippen molar-refractivity contribution < 1.29 is 9.90 Å². The van der Waals surface area contributed by atoms with Crippen molar-refractivity contribution in [3.05, 3.63) is 90.0 Å². The number of rotatable bonds is 7. The number of amides is 1. The molecule has 3 rings (SSSR count). The first-order chi connectivity index (χ1) is 12.3. The molecule has 2 N–H and O–H groups in total. The third-order valence-electron chi connectivity index (χ3n) is 4.07. The van der Waals surface area contributed by atoms with Crippen molar-refractivity contribution >= 4 is 5.91 Å². The number of aliphatic hydroxyl groups is 1. The van der Waals surface area contributed by atoms with Crippen LogP contribution in [0.3, 0.4) is 0 Å². The van der Waals surface area contributed by atoms with Crippen LogP contribution in [0.2, 0.25) is 0 Å². The highest BCUT2D eigenvalue weighted by atomic mass is 16.3. The van der Waals surface area contributed by atoms with E-state index in [0.717, 1.165) is 17.7 Å². The SMILES string of the molecule is O=C(NC(CCO)c1ccccc1)c1ccc(Cn2ccnc2)cc1. The number of carbonyl (C=O) groups excluding carboxylic acids is 1. The summed E-state index contributed by atoms with van der Waals surface area (Å²) in [7, 11) is 0. The molecule has 5 nitrogen and oxygen atoms in total. The summed E-state index contributed by atoms with van der Waals surface area (Å²) in [5.74, 6) is -0.142. The first-order valence-electron chi connectivity index (χ1n) is 8.27. The van der Waals surface area contributed by atoms with Gasteiger partial charge in [0.2, 0.25) is 0 Å². The maximum Gasteiger partial charge on any atom is 0.251 e. The molecule has 1 amide bonds. The average molecular weight is 335 g/mol. The summed E-state index contributed by atoms with van der Waals surface area (Å²) in [6.07, 6.45) is 5.89. The summed E-state index contributed by atoms with van der Waals surface area (Å²) >= 11 is 0. The predicted molar refractivity (Wildman–Crippen MR) is 96.1 cm³/mol. The lowest BCUT2D eigenvalue weighted by molar-refractivity contribution is 0.0930. The zero-order valence-corrected chi connectivity index (χ0v) is 13.9. The Morgan fingerprint density at radius 3 is 2.52 bits per heavy atom. The fraction of sp³-hybridized carbons (Fsp3) is 0.200. The van der Waals surface area contributed by atoms with Crippen molar-refractivity contribution in [3.63, 3.8) is 0 Å². The van der Waals surface area contributed by atoms with Crippen LogP contribution in [0.4, 0.5) is 0 Å². The molecule has 0 fully saturated rings. The third-order valence-corrected chi connectivity index (χ3v) is 4.07. The van der Waals surface area contributed by atoms with Gasteiger partial charge in [-0.3, -0.25) is 4.79 Å². The maximum atomic E-state index is 12.5. The van der Waals surface area contributed by atoms with Gasteiger partial charge in [0.05, 0.1) is 12.4 Å². The second kappa shape index (κ2) is 8.26. The largest absolute Gasteiger partial charge is 0.396 e. The minimum Gasteiger partial charge on any atom is -0.396 e. The zero-order chi connectivity index (χ0) is 17.5. The summed E-state index contributed by atoms with van der Waals surface area (Å²) in [4.78, 5) is 16.5. The van der Waals surface area contributed by atoms with E-state index in [9.17, 15) is 9.90 Å². The molecule has 5 heteroatoms. The summed E-state index contributed by atoms with van der Waals surface area (Å²) in [6.45, 7) is 0.739. The van der Waals surface area contributed by atoms with Gasteiger partial charge >= 0.3 is 0 Å². The summed E-state index contributed by atoms with van der Waals surface area (Å²) in [5, 5.41) is 12.3. The Labute approximate surface area is 147 Å². The van der Waals surface area contributed by atoms with Gasteiger partial charge in [0.15, 0.2) is 0 Å². The molecule has 0 radical (unpaired) electrons. The van der Waals surface area contributed by atoms with Crippen molar-refractivity contribution in [1.29, 1.82) is 0 Å². The van der Waals surface area contributed by atoms with Crippen LogP contribution in [0.15, 0.2) is 73.3 Å². The van der Waals surface area contributed by atoms with E-state index in [1.807, 2.05) is 65.4 Å². The highest BCUT2D eigenvalue weighted by Crippen LogP contribution is 2.17. The van der Waals surface area contributed by atoms with Crippen LogP contribution in [0.1, 0.15) is 33.9 Å². The lowest BCUT2D eigenvalue weighted by Gasteiger charge is -2.18. The molecule has 0 aliphatic rings. The van der Waals surface area contributed by atoms with Gasteiger partial charge in [0.1, 0.15) is 0 Å². The van der Waals surface area contributed by atoms with Crippen molar-refractivity contribution in [2.75, 3.05) is 6.61 Å². The van der Waals surface area contributed by atoms with Crippen LogP contribution in [0.25, 0.3) is 0 Å². The molecule has 128 valence electrons. The van der Waals surface area contributed by atoms with Gasteiger partial charge in [0, 0.05) is 31.1 Å². The number of aromatic nitrogens is 2. The summed E-state index contributed by atoms with van der Waals surface area (Å²) in [5.41, 5.74) is 2.69. The standard InChI is InChI=1S/C20H21N3O2/c24-13-10-19(17-4-2-1-3-5-17)22-20(25)18-8-6-16(7-9-18)14-23-12-11-21-15-23/h1-9,11-12,15,19,24H,10,13-14H2,(H,22,25). The van der Waals surface area contributed by atoms with E-state index < -0.39 is 0 Å². The highest BCUT2D eigenvalue weighted by molar-refractivity contribution is 5.94. The second-order valence-corrected chi connectivity index (χ2v) is 5.88. The summed E-state index contributed by atoms with van der Waals surface area (Å²) in [6, 6.07) is 17.0. The number of aliphatic hydroxyl groups excluding tert-OH is 1. The molecule has 0 spiro atoms. The first kappa shape index (κ1) is 16.9. The Kier molecular flexibility index (Phi) is 5.59. The number of hydrogen-bond acceptors (Lipinski definition) is 3. The van der Waals surface area contributed by atoms with Gasteiger partial charge in [-0.25, -0.2) is 4.98 Å². The van der Waals surface area contributed by atoms with Gasteiger partial charge in [-0.05, 0) is 29.7 Å². The number of nitrogens with one attached hydrogen (secondary N) is 1. The van der Waals surface area contributed by atoms with E-state index in [1.165, 1.54) is 0 Å². The first-order valence-corrected chi connectivity index (χ1v) is 8.27. The lowest BCUT2D eigenvalue weighted by Crippen LogP contribution is -2.29. The molecule has 2 aromatic carbocycles. The lowest BCUT2D eigenvalue weighted by atomic mass is 10.0. The molecule has 0 aliphatic heterocycles. The number of nitrogens with zero attached hydrogens (tertiary/aromatic N) is 2. The minimum atomic E-state index is -0.204. The van der Waals surface area contributed by atoms with E-state index in [-0.39, 0.29) is 18.6 Å². The topological polar surface area (TPSA) is 67.2 Å². The normalized spacial score (nSPS) is 11.9. The number of carbonyl (C=O) groups is 1. The molecule has 0 aliphatic carbocycles. The van der Waals surface area contributed by atoms with Crippen LogP contribution >= 0.6 is 0 Å². The van der Waals surface area contributed by atoms with E-state index in [2.05, 4.69) is 10.3 Å². The highest BCUT2D eigenvalue weighted by Gasteiger charge is 2.15. The van der Waals surface area contributed by atoms with Crippen molar-refractivity contribution in [3.8, 4) is 0 Å². The Morgan fingerprint density at radius 2 is 1.88 bits per heavy atom. The molecule has 1 heterocycles. The molecule has 0 bridgehead atoms. The number of imidazole rings is 1. The van der Waals surface area contributed by atoms with Crippen LogP contribution in [0, 0.1) is 0 Å². The number of hydrogen-bond donors (Lipinski definition) is 2. The van der Waals surface area contributed by atoms with E-state index >= 15 is 0 Å². The van der Waals surface area contributed by atoms with Crippen LogP contribution < -0.4 is 5.32 Å². The molecular weight excluding hydrogens is 314 g/mol. The van der Waals surface area contributed by atoms with Gasteiger partial charge < -0.3 is 15.0 Å². The molecule has 1 aromatic heterocycles. The molecule has 25 heavy (non-hydrogen) atoms. The molecule has 0 saturated heterocycles. The van der Waals surface area contributed by atoms with Gasteiger partial charge in [-0.1, -0.05) is 42.5 Å². The van der Waals surface area contributed by atoms with Crippen LogP contribution in [-0.2, 0) is 6.54 Å². The van der Waals surface area contributed by atoms with Crippen molar-refractivity contribution in [2.24, 2.45) is 0 Å². The Morgan fingerprint density at radius 1 is 1.12 bits per heavy atom. The average Bonchev–Trinajstić information content (AvgIpc) is 3.15. The van der Waals surface area contributed by atoms with Gasteiger partial charge in [-0.15, -0.1) is 0 Å². The molecule has 1 unspecified atom stereocenters. The van der Waals surface area contributed by atoms with Gasteiger partial charge in [0.25, 0.3) is 5.91 Å². The molecular formula is C20H21N3O2. The fourth-order valence-electron chi connectivity index (χ4n) is 2.73. The minimum absolute atomic E-state index is 0.0175. The van der Waals surface area contributed by atoms with E-state index in [4.69, 9.17) is 0 Å². The Hall–Kier alpha value is -2.92. The maximum absolute atomic E-state index is 12.5. The monoisotopic (exact) mass is 335 g/mol. The van der Waals surface area contributed by atoms with Gasteiger partial charge in [-0.2, -0.15) is 0 Å². The molecule has 0 saturated carbocycles. The summed E-state index contributed by atoms with van der Waals surface area (Å²) < 4.78 is 1.97. The molecule has 3 aromatic rings. The fourth-order valence-corrected chi connectivity index (χ4v) is 2.73. The predicted octanol–water partition coefficient (Wildman–Crippen LogP) is 2.78. The van der Waals surface area contributed by atoms with Crippen molar-refractivity contribution in [1.82, 2.24) is 14.9 Å². The van der Waals surface area contributed by atoms with Crippen LogP contribution in [0.5, 0.6) is 0 Å². The van der Waals surface area contributed by atoms with Crippen molar-refractivity contribution in [2.45, 2.75) is 19.0 Å². The Balaban J connectivity index is 1.67. The van der Waals surface area contributed by atoms with E-state index in [0.29, 0.717) is 12.0 Å². The van der Waals surface area contributed by atoms with E-state index in [1.54, 1.807) is 12.5 Å². The third kappa shape index (κ3) is 4.55. The van der Waals surface area contributed by atoms with Crippen LogP contribution in [-0.4, -0.2) is 27.2 Å². The second-order valence-electron chi connectivity index (χ2n) is 5.88. The zero-order valence-electron chi connectivity index (χ0n) is 13.9. The Bertz CT molecular complexity index is 784.